The molecule has 2 rings (SSSR count). The van der Waals surface area contributed by atoms with Crippen molar-refractivity contribution in [3.63, 3.8) is 0 Å². The molecule has 2 aromatic rings. The zero-order chi connectivity index (χ0) is 26.0. The Kier molecular flexibility index (Phi) is 10.9. The summed E-state index contributed by atoms with van der Waals surface area (Å²) in [5.41, 5.74) is 0.988. The average Bonchev–Trinajstić information content (AvgIpc) is 2.82. The third-order valence-electron chi connectivity index (χ3n) is 5.35. The molecule has 0 aromatic heterocycles. The Hall–Kier alpha value is -2.78. The number of ether oxygens (including phenoxy) is 1. The van der Waals surface area contributed by atoms with Crippen molar-refractivity contribution in [3.05, 3.63) is 59.1 Å². The highest BCUT2D eigenvalue weighted by molar-refractivity contribution is 7.92. The van der Waals surface area contributed by atoms with Gasteiger partial charge in [0.1, 0.15) is 18.3 Å². The maximum Gasteiger partial charge on any atom is 0.244 e. The number of halogens is 1. The molecule has 35 heavy (non-hydrogen) atoms. The van der Waals surface area contributed by atoms with E-state index in [9.17, 15) is 18.0 Å². The largest absolute Gasteiger partial charge is 0.494 e. The van der Waals surface area contributed by atoms with Crippen molar-refractivity contribution < 1.29 is 22.7 Å². The topological polar surface area (TPSA) is 96.0 Å². The number of sulfonamides is 1. The molecule has 1 N–H and O–H groups in total. The maximum absolute atomic E-state index is 13.6. The third kappa shape index (κ3) is 8.14. The lowest BCUT2D eigenvalue weighted by Crippen LogP contribution is -2.52. The smallest absolute Gasteiger partial charge is 0.244 e. The lowest BCUT2D eigenvalue weighted by atomic mass is 10.1. The minimum Gasteiger partial charge on any atom is -0.494 e. The first-order valence-corrected chi connectivity index (χ1v) is 13.9. The number of nitrogens with one attached hydrogen (secondary N) is 1. The number of hydrogen-bond donors (Lipinski definition) is 1. The predicted octanol–water partition coefficient (Wildman–Crippen LogP) is 3.84. The minimum atomic E-state index is -3.80. The van der Waals surface area contributed by atoms with Gasteiger partial charge in [-0.15, -0.1) is 0 Å². The van der Waals surface area contributed by atoms with Crippen LogP contribution in [-0.4, -0.2) is 57.1 Å². The molecule has 0 saturated heterocycles. The molecule has 0 bridgehead atoms. The Morgan fingerprint density at radius 2 is 1.71 bits per heavy atom. The summed E-state index contributed by atoms with van der Waals surface area (Å²) in [5, 5.41) is 3.30. The summed E-state index contributed by atoms with van der Waals surface area (Å²) < 4.78 is 31.8. The van der Waals surface area contributed by atoms with Gasteiger partial charge in [-0.1, -0.05) is 43.6 Å². The van der Waals surface area contributed by atoms with E-state index < -0.39 is 28.5 Å². The molecule has 0 unspecified atom stereocenters. The molecule has 10 heteroatoms. The van der Waals surface area contributed by atoms with E-state index in [0.29, 0.717) is 41.6 Å². The monoisotopic (exact) mass is 523 g/mol. The summed E-state index contributed by atoms with van der Waals surface area (Å²) >= 11 is 6.34. The van der Waals surface area contributed by atoms with E-state index in [-0.39, 0.29) is 12.5 Å². The molecule has 0 aliphatic carbocycles. The summed E-state index contributed by atoms with van der Waals surface area (Å²) in [6, 6.07) is 12.7. The van der Waals surface area contributed by atoms with Gasteiger partial charge in [0.15, 0.2) is 0 Å². The Balaban J connectivity index is 2.41. The van der Waals surface area contributed by atoms with Crippen molar-refractivity contribution in [2.24, 2.45) is 0 Å². The van der Waals surface area contributed by atoms with Crippen LogP contribution in [0.25, 0.3) is 0 Å². The van der Waals surface area contributed by atoms with Crippen LogP contribution in [0, 0.1) is 0 Å². The zero-order valence-corrected chi connectivity index (χ0v) is 22.2. The van der Waals surface area contributed by atoms with Gasteiger partial charge in [-0.2, -0.15) is 0 Å². The van der Waals surface area contributed by atoms with Crippen molar-refractivity contribution in [1.29, 1.82) is 0 Å². The standard InChI is InChI=1S/C25H34ClN3O5S/c1-5-16-27-25(31)23(6-2)28(17-19-10-8-9-11-22(19)26)24(30)18-29(35(4,32)33)20-12-14-21(15-13-20)34-7-3/h8-15,23H,5-7,16-18H2,1-4H3,(H,27,31)/t23-/m0/s1. The van der Waals surface area contributed by atoms with Gasteiger partial charge < -0.3 is 15.0 Å². The molecule has 0 aliphatic heterocycles. The van der Waals surface area contributed by atoms with E-state index in [1.54, 1.807) is 48.5 Å². The molecule has 0 aliphatic rings. The summed E-state index contributed by atoms with van der Waals surface area (Å²) in [7, 11) is -3.80. The van der Waals surface area contributed by atoms with E-state index in [4.69, 9.17) is 16.3 Å². The fourth-order valence-electron chi connectivity index (χ4n) is 3.58. The maximum atomic E-state index is 13.6. The van der Waals surface area contributed by atoms with Crippen molar-refractivity contribution in [1.82, 2.24) is 10.2 Å². The second-order valence-corrected chi connectivity index (χ2v) is 10.3. The predicted molar refractivity (Wildman–Crippen MR) is 139 cm³/mol. The Morgan fingerprint density at radius 1 is 1.06 bits per heavy atom. The Morgan fingerprint density at radius 3 is 2.26 bits per heavy atom. The normalized spacial score (nSPS) is 12.0. The molecule has 2 aromatic carbocycles. The molecule has 0 saturated carbocycles. The Bertz CT molecular complexity index is 1090. The van der Waals surface area contributed by atoms with E-state index >= 15 is 0 Å². The van der Waals surface area contributed by atoms with Crippen molar-refractivity contribution in [3.8, 4) is 5.75 Å². The van der Waals surface area contributed by atoms with Gasteiger partial charge >= 0.3 is 0 Å². The second kappa shape index (κ2) is 13.3. The second-order valence-electron chi connectivity index (χ2n) is 8.02. The van der Waals surface area contributed by atoms with Crippen LogP contribution in [0.15, 0.2) is 48.5 Å². The van der Waals surface area contributed by atoms with Crippen LogP contribution in [-0.2, 0) is 26.2 Å². The number of rotatable bonds is 13. The highest BCUT2D eigenvalue weighted by Gasteiger charge is 2.32. The van der Waals surface area contributed by atoms with Crippen LogP contribution < -0.4 is 14.4 Å². The molecule has 0 radical (unpaired) electrons. The van der Waals surface area contributed by atoms with Gasteiger partial charge in [0.25, 0.3) is 0 Å². The first kappa shape index (κ1) is 28.5. The first-order chi connectivity index (χ1) is 16.6. The number of amides is 2. The SMILES string of the molecule is CCCNC(=O)[C@H](CC)N(Cc1ccccc1Cl)C(=O)CN(c1ccc(OCC)cc1)S(C)(=O)=O. The first-order valence-electron chi connectivity index (χ1n) is 11.6. The van der Waals surface area contributed by atoms with E-state index in [2.05, 4.69) is 5.32 Å². The summed E-state index contributed by atoms with van der Waals surface area (Å²) in [6.45, 7) is 6.16. The van der Waals surface area contributed by atoms with Crippen molar-refractivity contribution >= 4 is 39.1 Å². The van der Waals surface area contributed by atoms with Crippen molar-refractivity contribution in [2.45, 2.75) is 46.2 Å². The summed E-state index contributed by atoms with van der Waals surface area (Å²) in [5.74, 6) is -0.209. The van der Waals surface area contributed by atoms with Crippen LogP contribution in [0.2, 0.25) is 5.02 Å². The van der Waals surface area contributed by atoms with Crippen LogP contribution >= 0.6 is 11.6 Å². The lowest BCUT2D eigenvalue weighted by molar-refractivity contribution is -0.140. The van der Waals surface area contributed by atoms with Crippen LogP contribution in [0.1, 0.15) is 39.2 Å². The highest BCUT2D eigenvalue weighted by atomic mass is 35.5. The molecule has 192 valence electrons. The molecule has 0 heterocycles. The number of benzene rings is 2. The molecule has 2 amide bonds. The average molecular weight is 524 g/mol. The lowest BCUT2D eigenvalue weighted by Gasteiger charge is -2.33. The number of nitrogens with zero attached hydrogens (tertiary/aromatic N) is 2. The summed E-state index contributed by atoms with van der Waals surface area (Å²) in [4.78, 5) is 27.9. The van der Waals surface area contributed by atoms with Gasteiger partial charge in [0.2, 0.25) is 21.8 Å². The van der Waals surface area contributed by atoms with Gasteiger partial charge in [-0.05, 0) is 55.7 Å². The van der Waals surface area contributed by atoms with E-state index in [1.807, 2.05) is 20.8 Å². The van der Waals surface area contributed by atoms with Gasteiger partial charge in [-0.3, -0.25) is 13.9 Å². The number of carbonyl (C=O) groups excluding carboxylic acids is 2. The summed E-state index contributed by atoms with van der Waals surface area (Å²) in [6.07, 6.45) is 2.15. The van der Waals surface area contributed by atoms with E-state index in [0.717, 1.165) is 17.0 Å². The van der Waals surface area contributed by atoms with Gasteiger partial charge in [0, 0.05) is 18.1 Å². The van der Waals surface area contributed by atoms with Gasteiger partial charge in [0.05, 0.1) is 18.6 Å². The molecule has 0 fully saturated rings. The highest BCUT2D eigenvalue weighted by Crippen LogP contribution is 2.24. The van der Waals surface area contributed by atoms with Crippen molar-refractivity contribution in [2.75, 3.05) is 30.3 Å². The molecule has 0 spiro atoms. The molecular formula is C25H34ClN3O5S. The number of carbonyl (C=O) groups is 2. The van der Waals surface area contributed by atoms with E-state index in [1.165, 1.54) is 4.90 Å². The third-order valence-corrected chi connectivity index (χ3v) is 6.86. The fourth-order valence-corrected chi connectivity index (χ4v) is 4.63. The van der Waals surface area contributed by atoms with Crippen LogP contribution in [0.3, 0.4) is 0 Å². The zero-order valence-electron chi connectivity index (χ0n) is 20.7. The van der Waals surface area contributed by atoms with Crippen LogP contribution in [0.5, 0.6) is 5.75 Å². The van der Waals surface area contributed by atoms with Crippen LogP contribution in [0.4, 0.5) is 5.69 Å². The molecule has 8 nitrogen and oxygen atoms in total. The number of anilines is 1. The Labute approximate surface area is 213 Å². The fraction of sp³-hybridized carbons (Fsp3) is 0.440. The minimum absolute atomic E-state index is 0.0669. The molecule has 1 atom stereocenters. The number of hydrogen-bond acceptors (Lipinski definition) is 5. The van der Waals surface area contributed by atoms with Gasteiger partial charge in [-0.25, -0.2) is 8.42 Å². The molecular weight excluding hydrogens is 490 g/mol. The quantitative estimate of drug-likeness (QED) is 0.430.